The van der Waals surface area contributed by atoms with Gasteiger partial charge in [0, 0.05) is 32.3 Å². The van der Waals surface area contributed by atoms with Crippen molar-refractivity contribution in [1.29, 1.82) is 0 Å². The zero-order valence-corrected chi connectivity index (χ0v) is 13.5. The monoisotopic (exact) mass is 348 g/mol. The van der Waals surface area contributed by atoms with Gasteiger partial charge in [0.15, 0.2) is 6.61 Å². The van der Waals surface area contributed by atoms with Gasteiger partial charge in [0.2, 0.25) is 0 Å². The van der Waals surface area contributed by atoms with Crippen LogP contribution in [0.4, 0.5) is 18.9 Å². The molecule has 2 aliphatic rings. The van der Waals surface area contributed by atoms with Crippen LogP contribution in [0.3, 0.4) is 0 Å². The summed E-state index contributed by atoms with van der Waals surface area (Å²) in [5.41, 5.74) is 5.87. The molecule has 0 aromatic carbocycles. The van der Waals surface area contributed by atoms with Crippen molar-refractivity contribution in [3.63, 3.8) is 0 Å². The summed E-state index contributed by atoms with van der Waals surface area (Å²) in [4.78, 5) is 2.48. The Hall–Kier alpha value is -1.48. The molecule has 0 atom stereocenters. The molecule has 3 heterocycles. The molecule has 0 spiro atoms. The van der Waals surface area contributed by atoms with Gasteiger partial charge < -0.3 is 20.1 Å². The number of nitrogen functional groups attached to an aromatic ring is 1. The van der Waals surface area contributed by atoms with Crippen molar-refractivity contribution in [3.8, 4) is 5.88 Å². The fraction of sp³-hybridized carbons (Fsp3) is 0.800. The van der Waals surface area contributed by atoms with E-state index in [-0.39, 0.29) is 17.6 Å². The van der Waals surface area contributed by atoms with E-state index in [4.69, 9.17) is 10.5 Å². The van der Waals surface area contributed by atoms with E-state index >= 15 is 0 Å². The minimum atomic E-state index is -4.40. The number of halogens is 3. The molecule has 0 bridgehead atoms. The number of likely N-dealkylation sites (tertiary alicyclic amines) is 1. The second-order valence-electron chi connectivity index (χ2n) is 6.38. The summed E-state index contributed by atoms with van der Waals surface area (Å²) >= 11 is 0. The first-order chi connectivity index (χ1) is 11.4. The molecule has 24 heavy (non-hydrogen) atoms. The Balaban J connectivity index is 1.54. The molecule has 1 aromatic rings. The summed E-state index contributed by atoms with van der Waals surface area (Å²) in [6, 6.07) is 0.722. The van der Waals surface area contributed by atoms with Crippen molar-refractivity contribution in [2.75, 3.05) is 38.6 Å². The van der Waals surface area contributed by atoms with Gasteiger partial charge in [-0.3, -0.25) is 4.68 Å². The topological polar surface area (TPSA) is 65.5 Å². The van der Waals surface area contributed by atoms with E-state index < -0.39 is 12.8 Å². The minimum absolute atomic E-state index is 0.140. The first kappa shape index (κ1) is 17.3. The molecule has 6 nitrogen and oxygen atoms in total. The second kappa shape index (κ2) is 7.18. The number of hydrogen-bond acceptors (Lipinski definition) is 5. The van der Waals surface area contributed by atoms with Crippen LogP contribution in [-0.2, 0) is 4.74 Å². The highest BCUT2D eigenvalue weighted by Gasteiger charge is 2.31. The molecule has 1 aromatic heterocycles. The molecule has 2 N–H and O–H groups in total. The van der Waals surface area contributed by atoms with Crippen molar-refractivity contribution in [2.45, 2.75) is 43.9 Å². The van der Waals surface area contributed by atoms with Crippen LogP contribution in [0.5, 0.6) is 5.88 Å². The van der Waals surface area contributed by atoms with E-state index in [0.29, 0.717) is 6.04 Å². The lowest BCUT2D eigenvalue weighted by molar-refractivity contribution is -0.154. The van der Waals surface area contributed by atoms with Gasteiger partial charge >= 0.3 is 6.18 Å². The van der Waals surface area contributed by atoms with Gasteiger partial charge in [0.05, 0.1) is 12.2 Å². The molecule has 0 saturated carbocycles. The van der Waals surface area contributed by atoms with Crippen LogP contribution in [0.2, 0.25) is 0 Å². The Labute approximate surface area is 138 Å². The van der Waals surface area contributed by atoms with Gasteiger partial charge in [0.25, 0.3) is 5.88 Å². The van der Waals surface area contributed by atoms with E-state index in [1.54, 1.807) is 10.9 Å². The molecular formula is C15H23F3N4O2. The molecule has 0 aliphatic carbocycles. The second-order valence-corrected chi connectivity index (χ2v) is 6.38. The van der Waals surface area contributed by atoms with Crippen LogP contribution in [-0.4, -0.2) is 59.8 Å². The highest BCUT2D eigenvalue weighted by molar-refractivity contribution is 5.46. The van der Waals surface area contributed by atoms with Gasteiger partial charge in [0.1, 0.15) is 5.69 Å². The van der Waals surface area contributed by atoms with Crippen molar-refractivity contribution in [2.24, 2.45) is 0 Å². The molecule has 0 amide bonds. The van der Waals surface area contributed by atoms with Crippen molar-refractivity contribution < 1.29 is 22.6 Å². The summed E-state index contributed by atoms with van der Waals surface area (Å²) in [5, 5.41) is 4.11. The maximum absolute atomic E-state index is 12.2. The molecule has 3 rings (SSSR count). The predicted molar refractivity (Wildman–Crippen MR) is 81.9 cm³/mol. The highest BCUT2D eigenvalue weighted by atomic mass is 19.4. The zero-order chi connectivity index (χ0) is 17.2. The third-order valence-corrected chi connectivity index (χ3v) is 4.68. The van der Waals surface area contributed by atoms with Gasteiger partial charge in [-0.2, -0.15) is 13.2 Å². The highest BCUT2D eigenvalue weighted by Crippen LogP contribution is 2.29. The normalized spacial score (nSPS) is 22.0. The van der Waals surface area contributed by atoms with Gasteiger partial charge in [-0.1, -0.05) is 0 Å². The molecule has 9 heteroatoms. The predicted octanol–water partition coefficient (Wildman–Crippen LogP) is 2.22. The number of alkyl halides is 3. The third-order valence-electron chi connectivity index (χ3n) is 4.68. The van der Waals surface area contributed by atoms with Gasteiger partial charge in [-0.15, -0.1) is 5.10 Å². The third kappa shape index (κ3) is 4.32. The first-order valence-corrected chi connectivity index (χ1v) is 8.28. The summed E-state index contributed by atoms with van der Waals surface area (Å²) in [5.74, 6) is -0.140. The number of nitrogens with zero attached hydrogens (tertiary/aromatic N) is 3. The average molecular weight is 348 g/mol. The molecule has 2 saturated heterocycles. The van der Waals surface area contributed by atoms with E-state index in [2.05, 4.69) is 14.7 Å². The number of rotatable bonds is 4. The molecule has 2 aliphatic heterocycles. The quantitative estimate of drug-likeness (QED) is 0.904. The lowest BCUT2D eigenvalue weighted by Gasteiger charge is -2.39. The lowest BCUT2D eigenvalue weighted by Crippen LogP contribution is -2.44. The van der Waals surface area contributed by atoms with Crippen LogP contribution in [0.25, 0.3) is 0 Å². The van der Waals surface area contributed by atoms with Crippen LogP contribution >= 0.6 is 0 Å². The molecule has 2 fully saturated rings. The summed E-state index contributed by atoms with van der Waals surface area (Å²) in [6.07, 6.45) is 1.10. The average Bonchev–Trinajstić information content (AvgIpc) is 2.94. The Kier molecular flexibility index (Phi) is 5.19. The number of hydrogen-bond donors (Lipinski definition) is 1. The van der Waals surface area contributed by atoms with E-state index in [1.807, 2.05) is 0 Å². The Morgan fingerprint density at radius 1 is 1.17 bits per heavy atom. The summed E-state index contributed by atoms with van der Waals surface area (Å²) in [6.45, 7) is 2.17. The smallest absolute Gasteiger partial charge is 0.422 e. The maximum atomic E-state index is 12.2. The lowest BCUT2D eigenvalue weighted by atomic mass is 10.00. The number of ether oxygens (including phenoxy) is 2. The Bertz CT molecular complexity index is 535. The van der Waals surface area contributed by atoms with E-state index in [9.17, 15) is 13.2 Å². The Morgan fingerprint density at radius 3 is 2.46 bits per heavy atom. The SMILES string of the molecule is Nc1cn(C2CCN(C3CCOCC3)CC2)nc1OCC(F)(F)F. The van der Waals surface area contributed by atoms with E-state index in [1.165, 1.54) is 0 Å². The molecular weight excluding hydrogens is 325 g/mol. The van der Waals surface area contributed by atoms with Gasteiger partial charge in [-0.25, -0.2) is 0 Å². The summed E-state index contributed by atoms with van der Waals surface area (Å²) < 4.78 is 48.5. The summed E-state index contributed by atoms with van der Waals surface area (Å²) in [7, 11) is 0. The number of nitrogens with two attached hydrogens (primary N) is 1. The zero-order valence-electron chi connectivity index (χ0n) is 13.5. The fourth-order valence-electron chi connectivity index (χ4n) is 3.40. The fourth-order valence-corrected chi connectivity index (χ4v) is 3.40. The van der Waals surface area contributed by atoms with Crippen molar-refractivity contribution >= 4 is 5.69 Å². The van der Waals surface area contributed by atoms with Crippen molar-refractivity contribution in [1.82, 2.24) is 14.7 Å². The van der Waals surface area contributed by atoms with Crippen LogP contribution in [0.1, 0.15) is 31.7 Å². The van der Waals surface area contributed by atoms with Crippen LogP contribution < -0.4 is 10.5 Å². The first-order valence-electron chi connectivity index (χ1n) is 8.28. The van der Waals surface area contributed by atoms with Crippen molar-refractivity contribution in [3.05, 3.63) is 6.20 Å². The minimum Gasteiger partial charge on any atom is -0.466 e. The maximum Gasteiger partial charge on any atom is 0.422 e. The number of piperidine rings is 1. The van der Waals surface area contributed by atoms with Gasteiger partial charge in [-0.05, 0) is 25.7 Å². The number of anilines is 1. The standard InChI is InChI=1S/C15H23F3N4O2/c16-15(17,18)10-24-14-13(19)9-22(20-14)12-1-5-21(6-2-12)11-3-7-23-8-4-11/h9,11-12H,1-8,10,19H2. The largest absolute Gasteiger partial charge is 0.466 e. The Morgan fingerprint density at radius 2 is 1.83 bits per heavy atom. The molecule has 136 valence electrons. The van der Waals surface area contributed by atoms with Crippen LogP contribution in [0.15, 0.2) is 6.20 Å². The number of aromatic nitrogens is 2. The van der Waals surface area contributed by atoms with Crippen LogP contribution in [0, 0.1) is 0 Å². The van der Waals surface area contributed by atoms with E-state index in [0.717, 1.165) is 52.0 Å². The molecule has 0 unspecified atom stereocenters. The molecule has 0 radical (unpaired) electrons.